The molecule has 1 aromatic carbocycles. The number of morpholine rings is 1. The molecule has 3 heterocycles. The van der Waals surface area contributed by atoms with Crippen LogP contribution < -0.4 is 20.4 Å². The molecule has 0 aliphatic carbocycles. The average Bonchev–Trinajstić information content (AvgIpc) is 3.10. The molecule has 2 amide bonds. The molecule has 3 aromatic rings. The summed E-state index contributed by atoms with van der Waals surface area (Å²) in [7, 11) is 1.90. The molecule has 1 aliphatic rings. The third-order valence-electron chi connectivity index (χ3n) is 5.85. The van der Waals surface area contributed by atoms with Crippen molar-refractivity contribution in [3.63, 3.8) is 0 Å². The Balaban J connectivity index is 1.53. The second-order valence-corrected chi connectivity index (χ2v) is 8.22. The molecule has 0 bridgehead atoms. The fraction of sp³-hybridized carbons (Fsp3) is 0.435. The van der Waals surface area contributed by atoms with Crippen molar-refractivity contribution in [3.8, 4) is 0 Å². The monoisotopic (exact) mass is 453 g/mol. The molecule has 0 unspecified atom stereocenters. The summed E-state index contributed by atoms with van der Waals surface area (Å²) in [6.45, 7) is 7.42. The van der Waals surface area contributed by atoms with Crippen molar-refractivity contribution in [2.24, 2.45) is 0 Å². The number of fused-ring (bicyclic) bond motifs is 1. The third-order valence-corrected chi connectivity index (χ3v) is 5.85. The lowest BCUT2D eigenvalue weighted by atomic mass is 10.1. The van der Waals surface area contributed by atoms with Crippen LogP contribution in [0, 0.1) is 13.8 Å². The second-order valence-electron chi connectivity index (χ2n) is 8.22. The normalized spacial score (nSPS) is 13.9. The number of aromatic nitrogens is 3. The number of aryl methyl sites for hydroxylation is 2. The average molecular weight is 454 g/mol. The van der Waals surface area contributed by atoms with Crippen LogP contribution in [0.5, 0.6) is 0 Å². The predicted molar refractivity (Wildman–Crippen MR) is 130 cm³/mol. The highest BCUT2D eigenvalue weighted by atomic mass is 16.5. The predicted octanol–water partition coefficient (Wildman–Crippen LogP) is 2.87. The highest BCUT2D eigenvalue weighted by Gasteiger charge is 2.18. The highest BCUT2D eigenvalue weighted by Crippen LogP contribution is 2.25. The van der Waals surface area contributed by atoms with Crippen LogP contribution in [0.25, 0.3) is 10.9 Å². The lowest BCUT2D eigenvalue weighted by Crippen LogP contribution is -2.38. The van der Waals surface area contributed by atoms with Gasteiger partial charge in [-0.05, 0) is 44.0 Å². The van der Waals surface area contributed by atoms with E-state index in [1.54, 1.807) is 6.07 Å². The van der Waals surface area contributed by atoms with Gasteiger partial charge >= 0.3 is 6.03 Å². The largest absolute Gasteiger partial charge is 0.396 e. The maximum absolute atomic E-state index is 12.8. The summed E-state index contributed by atoms with van der Waals surface area (Å²) in [4.78, 5) is 29.3. The van der Waals surface area contributed by atoms with Crippen molar-refractivity contribution in [1.82, 2.24) is 15.0 Å². The number of rotatable bonds is 7. The molecule has 10 heteroatoms. The molecule has 0 spiro atoms. The number of aromatic amines is 1. The van der Waals surface area contributed by atoms with E-state index in [0.29, 0.717) is 62.5 Å². The standard InChI is InChI=1S/C23H31N7O3/c1-15-16(2)24-19-6-5-17(13-18(15)19)25-23(32)27-20-14-21(29(3)7-4-10-31)28-22(26-20)30-8-11-33-12-9-30/h5-6,13-14,24,31H,4,7-12H2,1-3H3,(H2,25,26,27,28,32). The number of nitrogens with one attached hydrogen (secondary N) is 3. The molecule has 0 saturated carbocycles. The van der Waals surface area contributed by atoms with Gasteiger partial charge < -0.3 is 29.9 Å². The van der Waals surface area contributed by atoms with E-state index in [9.17, 15) is 4.79 Å². The van der Waals surface area contributed by atoms with Gasteiger partial charge in [-0.15, -0.1) is 0 Å². The number of aliphatic hydroxyl groups excluding tert-OH is 1. The first-order valence-corrected chi connectivity index (χ1v) is 11.2. The van der Waals surface area contributed by atoms with Crippen LogP contribution in [0.15, 0.2) is 24.3 Å². The number of nitrogens with zero attached hydrogens (tertiary/aromatic N) is 4. The van der Waals surface area contributed by atoms with Crippen LogP contribution in [-0.2, 0) is 4.74 Å². The number of anilines is 4. The number of hydrogen-bond donors (Lipinski definition) is 4. The summed E-state index contributed by atoms with van der Waals surface area (Å²) >= 11 is 0. The summed E-state index contributed by atoms with van der Waals surface area (Å²) in [5.41, 5.74) is 4.01. The van der Waals surface area contributed by atoms with E-state index in [0.717, 1.165) is 22.2 Å². The minimum absolute atomic E-state index is 0.101. The van der Waals surface area contributed by atoms with Crippen molar-refractivity contribution in [2.45, 2.75) is 20.3 Å². The van der Waals surface area contributed by atoms with E-state index >= 15 is 0 Å². The van der Waals surface area contributed by atoms with Crippen molar-refractivity contribution in [2.75, 3.05) is 66.9 Å². The molecule has 4 rings (SSSR count). The molecule has 0 atom stereocenters. The number of H-pyrrole nitrogens is 1. The Morgan fingerprint density at radius 2 is 2.00 bits per heavy atom. The van der Waals surface area contributed by atoms with Crippen LogP contribution in [0.4, 0.5) is 28.1 Å². The quantitative estimate of drug-likeness (QED) is 0.434. The number of carbonyl (C=O) groups excluding carboxylic acids is 1. The van der Waals surface area contributed by atoms with E-state index < -0.39 is 0 Å². The Labute approximate surface area is 193 Å². The van der Waals surface area contributed by atoms with Gasteiger partial charge in [0.25, 0.3) is 0 Å². The number of carbonyl (C=O) groups is 1. The molecule has 2 aromatic heterocycles. The molecular formula is C23H31N7O3. The van der Waals surface area contributed by atoms with Crippen molar-refractivity contribution >= 4 is 40.2 Å². The van der Waals surface area contributed by atoms with Crippen LogP contribution in [0.1, 0.15) is 17.7 Å². The number of amides is 2. The lowest BCUT2D eigenvalue weighted by Gasteiger charge is -2.28. The molecule has 1 aliphatic heterocycles. The van der Waals surface area contributed by atoms with Crippen LogP contribution in [0.3, 0.4) is 0 Å². The molecule has 4 N–H and O–H groups in total. The smallest absolute Gasteiger partial charge is 0.324 e. The van der Waals surface area contributed by atoms with Gasteiger partial charge in [-0.2, -0.15) is 9.97 Å². The number of urea groups is 1. The first-order chi connectivity index (χ1) is 15.9. The van der Waals surface area contributed by atoms with Gasteiger partial charge in [-0.3, -0.25) is 5.32 Å². The van der Waals surface area contributed by atoms with E-state index in [-0.39, 0.29) is 12.6 Å². The molecule has 0 radical (unpaired) electrons. The van der Waals surface area contributed by atoms with E-state index in [1.807, 2.05) is 42.0 Å². The van der Waals surface area contributed by atoms with E-state index in [4.69, 9.17) is 9.84 Å². The van der Waals surface area contributed by atoms with Crippen molar-refractivity contribution in [3.05, 3.63) is 35.5 Å². The minimum atomic E-state index is -0.380. The van der Waals surface area contributed by atoms with Crippen LogP contribution >= 0.6 is 0 Å². The fourth-order valence-corrected chi connectivity index (χ4v) is 3.83. The Hall–Kier alpha value is -3.37. The Kier molecular flexibility index (Phi) is 6.95. The van der Waals surface area contributed by atoms with Gasteiger partial charge in [0.2, 0.25) is 5.95 Å². The van der Waals surface area contributed by atoms with Gasteiger partial charge in [0.15, 0.2) is 0 Å². The summed E-state index contributed by atoms with van der Waals surface area (Å²) in [5.74, 6) is 1.63. The lowest BCUT2D eigenvalue weighted by molar-refractivity contribution is 0.122. The summed E-state index contributed by atoms with van der Waals surface area (Å²) in [5, 5.41) is 16.0. The number of benzene rings is 1. The van der Waals surface area contributed by atoms with Gasteiger partial charge in [0.1, 0.15) is 11.6 Å². The van der Waals surface area contributed by atoms with E-state index in [2.05, 4.69) is 32.5 Å². The highest BCUT2D eigenvalue weighted by molar-refractivity contribution is 6.01. The number of ether oxygens (including phenoxy) is 1. The Morgan fingerprint density at radius 1 is 1.21 bits per heavy atom. The minimum Gasteiger partial charge on any atom is -0.396 e. The molecule has 1 saturated heterocycles. The van der Waals surface area contributed by atoms with Crippen LogP contribution in [0.2, 0.25) is 0 Å². The summed E-state index contributed by atoms with van der Waals surface area (Å²) in [6.07, 6.45) is 0.622. The summed E-state index contributed by atoms with van der Waals surface area (Å²) < 4.78 is 5.44. The zero-order valence-corrected chi connectivity index (χ0v) is 19.3. The van der Waals surface area contributed by atoms with Gasteiger partial charge in [-0.1, -0.05) is 0 Å². The zero-order valence-electron chi connectivity index (χ0n) is 19.3. The third kappa shape index (κ3) is 5.35. The molecule has 1 fully saturated rings. The molecule has 10 nitrogen and oxygen atoms in total. The second kappa shape index (κ2) is 10.1. The fourth-order valence-electron chi connectivity index (χ4n) is 3.83. The molecule has 176 valence electrons. The maximum Gasteiger partial charge on any atom is 0.324 e. The van der Waals surface area contributed by atoms with Gasteiger partial charge in [0, 0.05) is 61.6 Å². The van der Waals surface area contributed by atoms with Crippen molar-refractivity contribution in [1.29, 1.82) is 0 Å². The SMILES string of the molecule is Cc1[nH]c2ccc(NC(=O)Nc3cc(N(C)CCCO)nc(N4CCOCC4)n3)cc2c1C. The first kappa shape index (κ1) is 22.8. The number of aliphatic hydroxyl groups is 1. The van der Waals surface area contributed by atoms with Gasteiger partial charge in [0.05, 0.1) is 13.2 Å². The Bertz CT molecular complexity index is 1120. The van der Waals surface area contributed by atoms with Crippen LogP contribution in [-0.4, -0.2) is 72.6 Å². The number of hydrogen-bond acceptors (Lipinski definition) is 7. The zero-order chi connectivity index (χ0) is 23.4. The Morgan fingerprint density at radius 3 is 2.76 bits per heavy atom. The maximum atomic E-state index is 12.8. The molecule has 33 heavy (non-hydrogen) atoms. The van der Waals surface area contributed by atoms with E-state index in [1.165, 1.54) is 0 Å². The molecular weight excluding hydrogens is 422 g/mol. The van der Waals surface area contributed by atoms with Gasteiger partial charge in [-0.25, -0.2) is 4.79 Å². The summed E-state index contributed by atoms with van der Waals surface area (Å²) in [6, 6.07) is 7.14. The first-order valence-electron chi connectivity index (χ1n) is 11.2. The topological polar surface area (TPSA) is 119 Å². The van der Waals surface area contributed by atoms with Crippen molar-refractivity contribution < 1.29 is 14.6 Å².